The molecule has 8 heteroatoms. The van der Waals surface area contributed by atoms with Gasteiger partial charge in [0.25, 0.3) is 0 Å². The molecule has 0 fully saturated rings. The number of ether oxygens (including phenoxy) is 1. The summed E-state index contributed by atoms with van der Waals surface area (Å²) in [5.41, 5.74) is 1.57. The van der Waals surface area contributed by atoms with E-state index in [0.29, 0.717) is 28.1 Å². The molecular formula is C23H25ClFNO5. The van der Waals surface area contributed by atoms with Crippen LogP contribution in [-0.2, 0) is 11.2 Å². The number of fused-ring (bicyclic) bond motifs is 1. The zero-order valence-corrected chi connectivity index (χ0v) is 18.2. The van der Waals surface area contributed by atoms with Gasteiger partial charge in [-0.15, -0.1) is 0 Å². The highest BCUT2D eigenvalue weighted by Crippen LogP contribution is 2.42. The Labute approximate surface area is 185 Å². The Morgan fingerprint density at radius 1 is 1.29 bits per heavy atom. The summed E-state index contributed by atoms with van der Waals surface area (Å²) < 4.78 is 20.0. The topological polar surface area (TPSA) is 90.2 Å². The molecule has 6 nitrogen and oxygen atoms in total. The molecule has 1 heterocycles. The number of carbonyl (C=O) groups is 1. The van der Waals surface area contributed by atoms with Crippen LogP contribution in [0.1, 0.15) is 36.6 Å². The predicted molar refractivity (Wildman–Crippen MR) is 116 cm³/mol. The number of benzene rings is 2. The minimum atomic E-state index is -1.39. The van der Waals surface area contributed by atoms with Gasteiger partial charge in [-0.3, -0.25) is 0 Å². The molecule has 0 aliphatic carbocycles. The molecule has 0 aromatic heterocycles. The monoisotopic (exact) mass is 449 g/mol. The highest BCUT2D eigenvalue weighted by molar-refractivity contribution is 6.30. The lowest BCUT2D eigenvalue weighted by Gasteiger charge is -2.38. The molecule has 2 aromatic carbocycles. The largest absolute Gasteiger partial charge is 0.496 e. The van der Waals surface area contributed by atoms with Gasteiger partial charge in [-0.1, -0.05) is 37.6 Å². The summed E-state index contributed by atoms with van der Waals surface area (Å²) in [7, 11) is 1.48. The average Bonchev–Trinajstić information content (AvgIpc) is 2.72. The van der Waals surface area contributed by atoms with Crippen LogP contribution in [0.15, 0.2) is 42.1 Å². The van der Waals surface area contributed by atoms with E-state index in [2.05, 4.69) is 0 Å². The minimum absolute atomic E-state index is 0.000505. The number of methoxy groups -OCH3 is 1. The highest BCUT2D eigenvalue weighted by Gasteiger charge is 2.34. The molecule has 0 saturated carbocycles. The molecule has 2 unspecified atom stereocenters. The van der Waals surface area contributed by atoms with E-state index in [-0.39, 0.29) is 29.5 Å². The molecule has 0 radical (unpaired) electrons. The second-order valence-corrected chi connectivity index (χ2v) is 8.21. The van der Waals surface area contributed by atoms with Crippen LogP contribution < -0.4 is 9.64 Å². The Bertz CT molecular complexity index is 1020. The van der Waals surface area contributed by atoms with E-state index in [1.54, 1.807) is 29.2 Å². The fourth-order valence-electron chi connectivity index (χ4n) is 3.82. The Kier molecular flexibility index (Phi) is 6.89. The number of aliphatic carboxylic acids is 1. The lowest BCUT2D eigenvalue weighted by molar-refractivity contribution is -0.133. The smallest absolute Gasteiger partial charge is 0.336 e. The van der Waals surface area contributed by atoms with Crippen LogP contribution in [0.25, 0.3) is 0 Å². The first kappa shape index (κ1) is 23.1. The molecule has 3 rings (SSSR count). The van der Waals surface area contributed by atoms with Crippen molar-refractivity contribution in [2.75, 3.05) is 18.6 Å². The van der Waals surface area contributed by atoms with Gasteiger partial charge in [0.05, 0.1) is 36.0 Å². The van der Waals surface area contributed by atoms with Crippen LogP contribution in [-0.4, -0.2) is 41.0 Å². The van der Waals surface area contributed by atoms with Gasteiger partial charge < -0.3 is 25.0 Å². The van der Waals surface area contributed by atoms with E-state index in [1.807, 2.05) is 13.8 Å². The van der Waals surface area contributed by atoms with Gasteiger partial charge in [0.1, 0.15) is 17.7 Å². The summed E-state index contributed by atoms with van der Waals surface area (Å²) in [6.07, 6.45) is 0.102. The number of aliphatic hydroxyl groups excluding tert-OH is 2. The number of halogens is 2. The number of anilines is 1. The van der Waals surface area contributed by atoms with Gasteiger partial charge in [0.2, 0.25) is 0 Å². The van der Waals surface area contributed by atoms with Gasteiger partial charge in [0, 0.05) is 24.3 Å². The summed E-state index contributed by atoms with van der Waals surface area (Å²) in [5, 5.41) is 30.3. The molecule has 0 bridgehead atoms. The Morgan fingerprint density at radius 2 is 2.00 bits per heavy atom. The number of nitrogens with zero attached hydrogens (tertiary/aromatic N) is 1. The van der Waals surface area contributed by atoms with Crippen LogP contribution >= 0.6 is 11.6 Å². The van der Waals surface area contributed by atoms with Crippen molar-refractivity contribution < 1.29 is 29.2 Å². The van der Waals surface area contributed by atoms with E-state index >= 15 is 0 Å². The van der Waals surface area contributed by atoms with E-state index in [9.17, 15) is 24.5 Å². The molecule has 31 heavy (non-hydrogen) atoms. The predicted octanol–water partition coefficient (Wildman–Crippen LogP) is 3.92. The zero-order valence-electron chi connectivity index (χ0n) is 17.5. The van der Waals surface area contributed by atoms with Crippen molar-refractivity contribution in [1.82, 2.24) is 0 Å². The number of hydrogen-bond acceptors (Lipinski definition) is 5. The maximum absolute atomic E-state index is 14.5. The van der Waals surface area contributed by atoms with Crippen LogP contribution in [0.2, 0.25) is 5.02 Å². The van der Waals surface area contributed by atoms with E-state index in [4.69, 9.17) is 16.3 Å². The maximum atomic E-state index is 14.5. The van der Waals surface area contributed by atoms with Crippen molar-refractivity contribution in [2.45, 2.75) is 32.4 Å². The highest BCUT2D eigenvalue weighted by atomic mass is 35.5. The molecule has 0 spiro atoms. The number of aliphatic hydroxyl groups is 2. The van der Waals surface area contributed by atoms with Crippen LogP contribution in [0.5, 0.6) is 5.75 Å². The molecule has 166 valence electrons. The normalized spacial score (nSPS) is 16.7. The van der Waals surface area contributed by atoms with Crippen molar-refractivity contribution in [3.05, 3.63) is 69.6 Å². The SMILES string of the molecule is COc1cc2c(cc1Cc1cccc(Cl)c1F)C(O)C(C(=O)O)=CN2C(CO)C(C)C. The quantitative estimate of drug-likeness (QED) is 0.593. The van der Waals surface area contributed by atoms with Crippen LogP contribution in [0.3, 0.4) is 0 Å². The second kappa shape index (κ2) is 9.26. The van der Waals surface area contributed by atoms with E-state index in [0.717, 1.165) is 0 Å². The molecule has 1 aliphatic rings. The maximum Gasteiger partial charge on any atom is 0.336 e. The summed E-state index contributed by atoms with van der Waals surface area (Å²) in [6.45, 7) is 3.61. The molecular weight excluding hydrogens is 425 g/mol. The van der Waals surface area contributed by atoms with Crippen molar-refractivity contribution in [3.8, 4) is 5.75 Å². The first-order chi connectivity index (χ1) is 14.7. The molecule has 2 aromatic rings. The molecule has 2 atom stereocenters. The van der Waals surface area contributed by atoms with Gasteiger partial charge in [-0.05, 0) is 29.2 Å². The van der Waals surface area contributed by atoms with E-state index in [1.165, 1.54) is 19.4 Å². The number of carboxylic acids is 1. The van der Waals surface area contributed by atoms with Crippen molar-refractivity contribution in [1.29, 1.82) is 0 Å². The fraction of sp³-hybridized carbons (Fsp3) is 0.348. The summed E-state index contributed by atoms with van der Waals surface area (Å²) in [6, 6.07) is 7.58. The van der Waals surface area contributed by atoms with Gasteiger partial charge in [0.15, 0.2) is 0 Å². The second-order valence-electron chi connectivity index (χ2n) is 7.81. The summed E-state index contributed by atoms with van der Waals surface area (Å²) in [4.78, 5) is 13.4. The summed E-state index contributed by atoms with van der Waals surface area (Å²) in [5.74, 6) is -1.37. The van der Waals surface area contributed by atoms with E-state index < -0.39 is 23.9 Å². The van der Waals surface area contributed by atoms with Crippen molar-refractivity contribution in [2.24, 2.45) is 5.92 Å². The lowest BCUT2D eigenvalue weighted by Crippen LogP contribution is -2.41. The number of hydrogen-bond donors (Lipinski definition) is 3. The first-order valence-corrected chi connectivity index (χ1v) is 10.2. The standard InChI is InChI=1S/C23H25ClFNO5/c1-12(2)19(11-27)26-10-16(23(29)30)22(28)15-8-14(20(31-3)9-18(15)26)7-13-5-4-6-17(24)21(13)25/h4-6,8-10,12,19,22,27-28H,7,11H2,1-3H3,(H,29,30). The number of rotatable bonds is 7. The van der Waals surface area contributed by atoms with Crippen LogP contribution in [0, 0.1) is 11.7 Å². The molecule has 0 amide bonds. The molecule has 0 saturated heterocycles. The average molecular weight is 450 g/mol. The van der Waals surface area contributed by atoms with Gasteiger partial charge in [-0.25, -0.2) is 9.18 Å². The minimum Gasteiger partial charge on any atom is -0.496 e. The van der Waals surface area contributed by atoms with Crippen molar-refractivity contribution >= 4 is 23.3 Å². The Hall–Kier alpha value is -2.61. The van der Waals surface area contributed by atoms with Crippen molar-refractivity contribution in [3.63, 3.8) is 0 Å². The third-order valence-electron chi connectivity index (χ3n) is 5.55. The number of carboxylic acid groups (broad SMARTS) is 1. The Balaban J connectivity index is 2.17. The van der Waals surface area contributed by atoms with Crippen LogP contribution in [0.4, 0.5) is 10.1 Å². The third-order valence-corrected chi connectivity index (χ3v) is 5.84. The Morgan fingerprint density at radius 3 is 2.58 bits per heavy atom. The summed E-state index contributed by atoms with van der Waals surface area (Å²) >= 11 is 5.90. The zero-order chi connectivity index (χ0) is 22.9. The molecule has 3 N–H and O–H groups in total. The van der Waals surface area contributed by atoms with Gasteiger partial charge in [-0.2, -0.15) is 0 Å². The van der Waals surface area contributed by atoms with Gasteiger partial charge >= 0.3 is 5.97 Å². The lowest BCUT2D eigenvalue weighted by atomic mass is 9.90. The fourth-order valence-corrected chi connectivity index (χ4v) is 4.01. The third kappa shape index (κ3) is 4.39. The molecule has 1 aliphatic heterocycles. The first-order valence-electron chi connectivity index (χ1n) is 9.85.